The second-order valence-corrected chi connectivity index (χ2v) is 13.5. The summed E-state index contributed by atoms with van der Waals surface area (Å²) in [5, 5.41) is 3.91. The zero-order chi connectivity index (χ0) is 31.6. The number of hydrogen-bond acceptors (Lipinski definition) is 4. The predicted octanol–water partition coefficient (Wildman–Crippen LogP) is 6.66. The molecular formula is C33H41Cl2N3O4S. The smallest absolute Gasteiger partial charge is 0.243 e. The Kier molecular flexibility index (Phi) is 12.9. The Labute approximate surface area is 266 Å². The van der Waals surface area contributed by atoms with Crippen molar-refractivity contribution in [1.29, 1.82) is 0 Å². The fraction of sp³-hybridized carbons (Fsp3) is 0.394. The second kappa shape index (κ2) is 16.1. The number of nitrogens with zero attached hydrogens (tertiary/aromatic N) is 2. The van der Waals surface area contributed by atoms with Gasteiger partial charge in [-0.15, -0.1) is 0 Å². The molecule has 2 amide bonds. The molecule has 0 aliphatic rings. The van der Waals surface area contributed by atoms with Crippen molar-refractivity contribution in [3.8, 4) is 0 Å². The van der Waals surface area contributed by atoms with Crippen LogP contribution < -0.4 is 9.62 Å². The van der Waals surface area contributed by atoms with Crippen LogP contribution in [0, 0.1) is 0 Å². The minimum atomic E-state index is -3.59. The molecule has 10 heteroatoms. The van der Waals surface area contributed by atoms with E-state index in [1.165, 1.54) is 4.31 Å². The van der Waals surface area contributed by atoms with Crippen LogP contribution in [0.5, 0.6) is 0 Å². The van der Waals surface area contributed by atoms with Gasteiger partial charge in [0.1, 0.15) is 6.04 Å². The molecule has 7 nitrogen and oxygen atoms in total. The minimum Gasteiger partial charge on any atom is -0.352 e. The van der Waals surface area contributed by atoms with Crippen molar-refractivity contribution in [2.24, 2.45) is 0 Å². The highest BCUT2D eigenvalue weighted by Crippen LogP contribution is 2.25. The number of amides is 2. The first kappa shape index (κ1) is 34.4. The zero-order valence-electron chi connectivity index (χ0n) is 25.2. The number of hydrogen-bond donors (Lipinski definition) is 1. The summed E-state index contributed by atoms with van der Waals surface area (Å²) in [5.74, 6) is -0.536. The van der Waals surface area contributed by atoms with E-state index >= 15 is 0 Å². The van der Waals surface area contributed by atoms with Crippen LogP contribution in [0.2, 0.25) is 10.0 Å². The molecule has 0 aliphatic heterocycles. The van der Waals surface area contributed by atoms with Crippen LogP contribution >= 0.6 is 23.2 Å². The monoisotopic (exact) mass is 645 g/mol. The van der Waals surface area contributed by atoms with Crippen LogP contribution in [0.3, 0.4) is 0 Å². The lowest BCUT2D eigenvalue weighted by Crippen LogP contribution is -2.52. The van der Waals surface area contributed by atoms with Gasteiger partial charge in [-0.05, 0) is 67.1 Å². The van der Waals surface area contributed by atoms with Crippen molar-refractivity contribution in [3.05, 3.63) is 99.5 Å². The summed E-state index contributed by atoms with van der Waals surface area (Å²) in [5.41, 5.74) is 3.21. The van der Waals surface area contributed by atoms with Gasteiger partial charge in [-0.2, -0.15) is 0 Å². The molecule has 232 valence electrons. The molecule has 0 fully saturated rings. The van der Waals surface area contributed by atoms with E-state index in [1.807, 2.05) is 63.2 Å². The molecule has 0 unspecified atom stereocenters. The van der Waals surface area contributed by atoms with Crippen molar-refractivity contribution in [1.82, 2.24) is 10.2 Å². The number of sulfonamides is 1. The Balaban J connectivity index is 1.91. The predicted molar refractivity (Wildman–Crippen MR) is 176 cm³/mol. The maximum Gasteiger partial charge on any atom is 0.243 e. The number of nitrogens with one attached hydrogen (secondary N) is 1. The van der Waals surface area contributed by atoms with Gasteiger partial charge in [0.2, 0.25) is 21.8 Å². The van der Waals surface area contributed by atoms with Gasteiger partial charge < -0.3 is 10.2 Å². The molecule has 0 heterocycles. The fourth-order valence-electron chi connectivity index (χ4n) is 4.73. The molecule has 0 spiro atoms. The summed E-state index contributed by atoms with van der Waals surface area (Å²) in [6.07, 6.45) is 3.34. The highest BCUT2D eigenvalue weighted by molar-refractivity contribution is 7.92. The zero-order valence-corrected chi connectivity index (χ0v) is 27.6. The molecular weight excluding hydrogens is 605 g/mol. The van der Waals surface area contributed by atoms with Crippen molar-refractivity contribution in [3.63, 3.8) is 0 Å². The van der Waals surface area contributed by atoms with Gasteiger partial charge in [0.05, 0.1) is 11.9 Å². The van der Waals surface area contributed by atoms with E-state index in [9.17, 15) is 18.0 Å². The largest absolute Gasteiger partial charge is 0.352 e. The highest BCUT2D eigenvalue weighted by Gasteiger charge is 2.31. The molecule has 0 radical (unpaired) electrons. The summed E-state index contributed by atoms with van der Waals surface area (Å²) < 4.78 is 26.7. The normalized spacial score (nSPS) is 12.8. The summed E-state index contributed by atoms with van der Waals surface area (Å²) in [6, 6.07) is 21.1. The highest BCUT2D eigenvalue weighted by atomic mass is 35.5. The lowest BCUT2D eigenvalue weighted by Gasteiger charge is -2.33. The van der Waals surface area contributed by atoms with E-state index in [2.05, 4.69) is 5.32 Å². The molecule has 0 bridgehead atoms. The number of aryl methyl sites for hydroxylation is 1. The summed E-state index contributed by atoms with van der Waals surface area (Å²) in [4.78, 5) is 29.2. The van der Waals surface area contributed by atoms with Gasteiger partial charge in [0.25, 0.3) is 0 Å². The lowest BCUT2D eigenvalue weighted by atomic mass is 10.0. The molecule has 2 atom stereocenters. The van der Waals surface area contributed by atoms with Crippen molar-refractivity contribution >= 4 is 50.7 Å². The van der Waals surface area contributed by atoms with E-state index < -0.39 is 16.1 Å². The molecule has 0 saturated heterocycles. The average Bonchev–Trinajstić information content (AvgIpc) is 2.97. The SMILES string of the molecule is CCc1ccc(N(CCCC(=O)N(Cc2ccc(Cl)cc2Cl)[C@H](Cc2ccccc2)C(=O)N[C@H](C)CC)S(C)(=O)=O)cc1. The molecule has 3 rings (SSSR count). The summed E-state index contributed by atoms with van der Waals surface area (Å²) in [6.45, 7) is 6.15. The van der Waals surface area contributed by atoms with Crippen molar-refractivity contribution in [2.75, 3.05) is 17.1 Å². The van der Waals surface area contributed by atoms with Crippen LogP contribution in [0.1, 0.15) is 56.7 Å². The third-order valence-corrected chi connectivity index (χ3v) is 9.19. The first-order valence-electron chi connectivity index (χ1n) is 14.6. The number of benzene rings is 3. The molecule has 3 aromatic carbocycles. The number of rotatable bonds is 15. The van der Waals surface area contributed by atoms with Gasteiger partial charge >= 0.3 is 0 Å². The van der Waals surface area contributed by atoms with E-state index in [0.29, 0.717) is 27.7 Å². The van der Waals surface area contributed by atoms with Gasteiger partial charge in [0.15, 0.2) is 0 Å². The maximum absolute atomic E-state index is 14.0. The van der Waals surface area contributed by atoms with Crippen molar-refractivity contribution < 1.29 is 18.0 Å². The standard InChI is InChI=1S/C33H41Cl2N3O4S/c1-5-24(3)36-33(40)31(21-26-11-8-7-9-12-26)37(23-27-16-17-28(34)22-30(27)35)32(39)13-10-20-38(43(4,41)42)29-18-14-25(6-2)15-19-29/h7-9,11-12,14-19,22,24,31H,5-6,10,13,20-21,23H2,1-4H3,(H,36,40)/t24-,31-/m1/s1. The number of carbonyl (C=O) groups excluding carboxylic acids is 2. The average molecular weight is 647 g/mol. The quantitative estimate of drug-likeness (QED) is 0.200. The maximum atomic E-state index is 14.0. The third kappa shape index (κ3) is 10.3. The Morgan fingerprint density at radius 2 is 1.60 bits per heavy atom. The van der Waals surface area contributed by atoms with Crippen LogP contribution in [0.15, 0.2) is 72.8 Å². The Morgan fingerprint density at radius 1 is 0.930 bits per heavy atom. The van der Waals surface area contributed by atoms with E-state index in [0.717, 1.165) is 30.2 Å². The molecule has 0 aromatic heterocycles. The van der Waals surface area contributed by atoms with Gasteiger partial charge in [-0.1, -0.05) is 85.6 Å². The van der Waals surface area contributed by atoms with Crippen LogP contribution in [-0.4, -0.2) is 50.0 Å². The van der Waals surface area contributed by atoms with Gasteiger partial charge in [-0.25, -0.2) is 8.42 Å². The van der Waals surface area contributed by atoms with Gasteiger partial charge in [-0.3, -0.25) is 13.9 Å². The van der Waals surface area contributed by atoms with E-state index in [-0.39, 0.29) is 43.8 Å². The van der Waals surface area contributed by atoms with Crippen LogP contribution in [0.4, 0.5) is 5.69 Å². The van der Waals surface area contributed by atoms with Crippen LogP contribution in [-0.2, 0) is 39.0 Å². The first-order chi connectivity index (χ1) is 20.4. The topological polar surface area (TPSA) is 86.8 Å². The molecule has 43 heavy (non-hydrogen) atoms. The van der Waals surface area contributed by atoms with Crippen molar-refractivity contribution in [2.45, 2.75) is 71.5 Å². The fourth-order valence-corrected chi connectivity index (χ4v) is 6.16. The molecule has 3 aromatic rings. The lowest BCUT2D eigenvalue weighted by molar-refractivity contribution is -0.141. The van der Waals surface area contributed by atoms with Crippen LogP contribution in [0.25, 0.3) is 0 Å². The Bertz CT molecular complexity index is 1470. The Morgan fingerprint density at radius 3 is 2.19 bits per heavy atom. The number of carbonyl (C=O) groups is 2. The third-order valence-electron chi connectivity index (χ3n) is 7.41. The summed E-state index contributed by atoms with van der Waals surface area (Å²) in [7, 11) is -3.59. The number of anilines is 1. The van der Waals surface area contributed by atoms with E-state index in [4.69, 9.17) is 23.2 Å². The number of halogens is 2. The molecule has 1 N–H and O–H groups in total. The molecule has 0 saturated carbocycles. The van der Waals surface area contributed by atoms with Gasteiger partial charge in [0, 0.05) is 42.0 Å². The molecule has 0 aliphatic carbocycles. The first-order valence-corrected chi connectivity index (χ1v) is 17.2. The summed E-state index contributed by atoms with van der Waals surface area (Å²) >= 11 is 12.6. The minimum absolute atomic E-state index is 0.0339. The Hall–Kier alpha value is -3.07. The second-order valence-electron chi connectivity index (χ2n) is 10.7. The van der Waals surface area contributed by atoms with E-state index in [1.54, 1.807) is 35.2 Å².